The number of carbonyl (C=O) groups is 1. The molecule has 1 fully saturated rings. The van der Waals surface area contributed by atoms with Crippen LogP contribution in [0.5, 0.6) is 0 Å². The number of nitriles is 1. The average molecular weight is 253 g/mol. The number of hydrogen-bond acceptors (Lipinski definition) is 2. The van der Waals surface area contributed by atoms with E-state index in [2.05, 4.69) is 5.32 Å². The van der Waals surface area contributed by atoms with Crippen LogP contribution in [0.2, 0.25) is 5.02 Å². The Kier molecular flexibility index (Phi) is 3.03. The van der Waals surface area contributed by atoms with E-state index >= 15 is 0 Å². The zero-order valence-electron chi connectivity index (χ0n) is 8.96. The van der Waals surface area contributed by atoms with Crippen LogP contribution in [-0.4, -0.2) is 5.91 Å². The molecular formula is C12H10ClFN2O. The largest absolute Gasteiger partial charge is 0.325 e. The molecule has 0 aliphatic heterocycles. The van der Waals surface area contributed by atoms with Gasteiger partial charge in [-0.05, 0) is 37.5 Å². The van der Waals surface area contributed by atoms with Crippen molar-refractivity contribution in [3.05, 3.63) is 29.0 Å². The minimum absolute atomic E-state index is 0.0533. The minimum atomic E-state index is -0.916. The number of carbonyl (C=O) groups excluding carboxylic acids is 1. The lowest BCUT2D eigenvalue weighted by molar-refractivity contribution is -0.126. The Hall–Kier alpha value is -1.60. The molecule has 1 N–H and O–H groups in total. The van der Waals surface area contributed by atoms with Crippen molar-refractivity contribution in [2.75, 3.05) is 5.32 Å². The molecule has 0 aromatic heterocycles. The zero-order valence-corrected chi connectivity index (χ0v) is 9.72. The lowest BCUT2D eigenvalue weighted by atomic mass is 9.69. The highest BCUT2D eigenvalue weighted by atomic mass is 35.5. The van der Waals surface area contributed by atoms with Crippen molar-refractivity contribution in [2.45, 2.75) is 19.3 Å². The molecule has 1 saturated carbocycles. The van der Waals surface area contributed by atoms with Crippen molar-refractivity contribution in [2.24, 2.45) is 5.41 Å². The Balaban J connectivity index is 2.13. The first-order chi connectivity index (χ1) is 8.07. The molecule has 0 saturated heterocycles. The smallest absolute Gasteiger partial charge is 0.244 e. The van der Waals surface area contributed by atoms with Crippen molar-refractivity contribution in [3.63, 3.8) is 0 Å². The van der Waals surface area contributed by atoms with Gasteiger partial charge in [-0.3, -0.25) is 4.79 Å². The van der Waals surface area contributed by atoms with E-state index in [-0.39, 0.29) is 10.9 Å². The summed E-state index contributed by atoms with van der Waals surface area (Å²) in [7, 11) is 0. The van der Waals surface area contributed by atoms with Gasteiger partial charge < -0.3 is 5.32 Å². The Bertz CT molecular complexity index is 506. The maximum absolute atomic E-state index is 12.9. The maximum Gasteiger partial charge on any atom is 0.244 e. The molecule has 0 heterocycles. The number of nitrogens with zero attached hydrogens (tertiary/aromatic N) is 1. The molecule has 88 valence electrons. The molecule has 5 heteroatoms. The average Bonchev–Trinajstić information content (AvgIpc) is 2.23. The van der Waals surface area contributed by atoms with Gasteiger partial charge in [0.2, 0.25) is 5.91 Å². The monoisotopic (exact) mass is 252 g/mol. The standard InChI is InChI=1S/C12H10ClFN2O/c13-9-6-8(2-3-10(9)14)16-11(17)12(7-15)4-1-5-12/h2-3,6H,1,4-5H2,(H,16,17). The van der Waals surface area contributed by atoms with Crippen molar-refractivity contribution >= 4 is 23.2 Å². The molecule has 17 heavy (non-hydrogen) atoms. The van der Waals surface area contributed by atoms with Gasteiger partial charge in [0.15, 0.2) is 0 Å². The van der Waals surface area contributed by atoms with E-state index in [4.69, 9.17) is 16.9 Å². The molecule has 1 aliphatic carbocycles. The second-order valence-electron chi connectivity index (χ2n) is 4.13. The number of amides is 1. The van der Waals surface area contributed by atoms with E-state index in [9.17, 15) is 9.18 Å². The molecule has 0 radical (unpaired) electrons. The number of halogens is 2. The molecule has 0 spiro atoms. The van der Waals surface area contributed by atoms with Crippen molar-refractivity contribution < 1.29 is 9.18 Å². The van der Waals surface area contributed by atoms with E-state index in [1.165, 1.54) is 18.2 Å². The molecule has 1 amide bonds. The topological polar surface area (TPSA) is 52.9 Å². The molecule has 0 bridgehead atoms. The predicted octanol–water partition coefficient (Wildman–Crippen LogP) is 3.11. The van der Waals surface area contributed by atoms with Gasteiger partial charge in [0.25, 0.3) is 0 Å². The van der Waals surface area contributed by atoms with Gasteiger partial charge in [0, 0.05) is 5.69 Å². The second-order valence-corrected chi connectivity index (χ2v) is 4.54. The summed E-state index contributed by atoms with van der Waals surface area (Å²) in [6.45, 7) is 0. The summed E-state index contributed by atoms with van der Waals surface area (Å²) >= 11 is 5.60. The van der Waals surface area contributed by atoms with Gasteiger partial charge in [-0.2, -0.15) is 5.26 Å². The number of anilines is 1. The Morgan fingerprint density at radius 2 is 2.24 bits per heavy atom. The highest BCUT2D eigenvalue weighted by molar-refractivity contribution is 6.31. The zero-order chi connectivity index (χ0) is 12.5. The third-order valence-electron chi connectivity index (χ3n) is 3.03. The maximum atomic E-state index is 12.9. The van der Waals surface area contributed by atoms with Gasteiger partial charge in [-0.25, -0.2) is 4.39 Å². The SMILES string of the molecule is N#CC1(C(=O)Nc2ccc(F)c(Cl)c2)CCC1. The van der Waals surface area contributed by atoms with Crippen LogP contribution in [0.1, 0.15) is 19.3 Å². The van der Waals surface area contributed by atoms with E-state index in [1.54, 1.807) is 0 Å². The van der Waals surface area contributed by atoms with Crippen LogP contribution in [0, 0.1) is 22.6 Å². The van der Waals surface area contributed by atoms with E-state index < -0.39 is 11.2 Å². The summed E-state index contributed by atoms with van der Waals surface area (Å²) < 4.78 is 12.9. The normalized spacial score (nSPS) is 16.8. The van der Waals surface area contributed by atoms with Crippen LogP contribution in [0.3, 0.4) is 0 Å². The van der Waals surface area contributed by atoms with Crippen LogP contribution < -0.4 is 5.32 Å². The number of rotatable bonds is 2. The lowest BCUT2D eigenvalue weighted by Gasteiger charge is -2.33. The predicted molar refractivity (Wildman–Crippen MR) is 61.9 cm³/mol. The van der Waals surface area contributed by atoms with Crippen LogP contribution in [0.15, 0.2) is 18.2 Å². The highest BCUT2D eigenvalue weighted by Gasteiger charge is 2.44. The third kappa shape index (κ3) is 2.11. The molecule has 1 aromatic rings. The highest BCUT2D eigenvalue weighted by Crippen LogP contribution is 2.41. The molecule has 0 unspecified atom stereocenters. The molecule has 3 nitrogen and oxygen atoms in total. The number of hydrogen-bond donors (Lipinski definition) is 1. The van der Waals surface area contributed by atoms with Crippen molar-refractivity contribution in [1.82, 2.24) is 0 Å². The molecule has 1 aromatic carbocycles. The fraction of sp³-hybridized carbons (Fsp3) is 0.333. The first-order valence-electron chi connectivity index (χ1n) is 5.25. The quantitative estimate of drug-likeness (QED) is 0.879. The third-order valence-corrected chi connectivity index (χ3v) is 3.32. The summed E-state index contributed by atoms with van der Waals surface area (Å²) in [5, 5.41) is 11.5. The fourth-order valence-electron chi connectivity index (χ4n) is 1.74. The Morgan fingerprint density at radius 3 is 2.71 bits per heavy atom. The van der Waals surface area contributed by atoms with E-state index in [0.717, 1.165) is 6.42 Å². The van der Waals surface area contributed by atoms with Crippen LogP contribution in [0.4, 0.5) is 10.1 Å². The summed E-state index contributed by atoms with van der Waals surface area (Å²) in [5.41, 5.74) is -0.510. The van der Waals surface area contributed by atoms with Crippen molar-refractivity contribution in [1.29, 1.82) is 5.26 Å². The van der Waals surface area contributed by atoms with Crippen LogP contribution >= 0.6 is 11.6 Å². The number of benzene rings is 1. The minimum Gasteiger partial charge on any atom is -0.325 e. The first kappa shape index (κ1) is 11.9. The summed E-state index contributed by atoms with van der Waals surface area (Å²) in [5.74, 6) is -0.878. The van der Waals surface area contributed by atoms with Gasteiger partial charge >= 0.3 is 0 Å². The molecule has 2 rings (SSSR count). The van der Waals surface area contributed by atoms with E-state index in [0.29, 0.717) is 18.5 Å². The second kappa shape index (κ2) is 4.34. The van der Waals surface area contributed by atoms with E-state index in [1.807, 2.05) is 6.07 Å². The van der Waals surface area contributed by atoms with Gasteiger partial charge in [0.05, 0.1) is 11.1 Å². The summed E-state index contributed by atoms with van der Waals surface area (Å²) in [6.07, 6.45) is 2.03. The molecule has 1 aliphatic rings. The van der Waals surface area contributed by atoms with Crippen molar-refractivity contribution in [3.8, 4) is 6.07 Å². The van der Waals surface area contributed by atoms with Gasteiger partial charge in [-0.15, -0.1) is 0 Å². The number of nitrogens with one attached hydrogen (secondary N) is 1. The van der Waals surface area contributed by atoms with Crippen LogP contribution in [0.25, 0.3) is 0 Å². The summed E-state index contributed by atoms with van der Waals surface area (Å²) in [4.78, 5) is 11.9. The first-order valence-corrected chi connectivity index (χ1v) is 5.63. The molecule has 0 atom stereocenters. The summed E-state index contributed by atoms with van der Waals surface area (Å²) in [6, 6.07) is 5.97. The van der Waals surface area contributed by atoms with Gasteiger partial charge in [0.1, 0.15) is 11.2 Å². The molecular weight excluding hydrogens is 243 g/mol. The Labute approximate surface area is 103 Å². The Morgan fingerprint density at radius 1 is 1.53 bits per heavy atom. The fourth-order valence-corrected chi connectivity index (χ4v) is 1.93. The van der Waals surface area contributed by atoms with Gasteiger partial charge in [-0.1, -0.05) is 11.6 Å². The lowest BCUT2D eigenvalue weighted by Crippen LogP contribution is -2.40. The van der Waals surface area contributed by atoms with Crippen LogP contribution in [-0.2, 0) is 4.79 Å².